The molecule has 0 saturated carbocycles. The van der Waals surface area contributed by atoms with Crippen molar-refractivity contribution in [1.82, 2.24) is 0 Å². The molecular formula is C13H16BrN. The average molecular weight is 266 g/mol. The highest BCUT2D eigenvalue weighted by molar-refractivity contribution is 9.10. The molecule has 2 heteroatoms. The van der Waals surface area contributed by atoms with E-state index >= 15 is 0 Å². The zero-order chi connectivity index (χ0) is 10.7. The lowest BCUT2D eigenvalue weighted by Crippen LogP contribution is -2.24. The average Bonchev–Trinajstić information content (AvgIpc) is 2.74. The van der Waals surface area contributed by atoms with Crippen molar-refractivity contribution in [2.45, 2.75) is 31.7 Å². The summed E-state index contributed by atoms with van der Waals surface area (Å²) in [6, 6.07) is 8.64. The number of nitrogens with two attached hydrogens (primary N) is 1. The summed E-state index contributed by atoms with van der Waals surface area (Å²) in [5.41, 5.74) is 8.93. The maximum atomic E-state index is 6.17. The Morgan fingerprint density at radius 3 is 2.60 bits per heavy atom. The van der Waals surface area contributed by atoms with Gasteiger partial charge in [0.2, 0.25) is 0 Å². The lowest BCUT2D eigenvalue weighted by molar-refractivity contribution is 0.729. The van der Waals surface area contributed by atoms with Gasteiger partial charge in [0.25, 0.3) is 0 Å². The number of benzene rings is 1. The third kappa shape index (κ3) is 2.93. The maximum Gasteiger partial charge on any atom is 0.0294 e. The van der Waals surface area contributed by atoms with Crippen molar-refractivity contribution in [3.05, 3.63) is 46.0 Å². The topological polar surface area (TPSA) is 26.0 Å². The van der Waals surface area contributed by atoms with Gasteiger partial charge in [0.05, 0.1) is 0 Å². The Labute approximate surface area is 99.5 Å². The van der Waals surface area contributed by atoms with Gasteiger partial charge in [0.15, 0.2) is 0 Å². The van der Waals surface area contributed by atoms with Gasteiger partial charge in [-0.3, -0.25) is 0 Å². The van der Waals surface area contributed by atoms with Crippen LogP contribution in [0.3, 0.4) is 0 Å². The van der Waals surface area contributed by atoms with E-state index in [2.05, 4.69) is 46.3 Å². The Bertz CT molecular complexity index is 353. The van der Waals surface area contributed by atoms with Crippen molar-refractivity contribution in [3.63, 3.8) is 0 Å². The molecule has 1 aliphatic carbocycles. The molecule has 1 atom stereocenters. The first-order valence-electron chi connectivity index (χ1n) is 5.44. The molecule has 1 aliphatic rings. The van der Waals surface area contributed by atoms with Crippen molar-refractivity contribution in [1.29, 1.82) is 0 Å². The van der Waals surface area contributed by atoms with E-state index in [0.29, 0.717) is 0 Å². The molecule has 0 aliphatic heterocycles. The molecule has 2 N–H and O–H groups in total. The summed E-state index contributed by atoms with van der Waals surface area (Å²) in [6.45, 7) is 0. The zero-order valence-corrected chi connectivity index (χ0v) is 10.3. The third-order valence-electron chi connectivity index (χ3n) is 2.92. The quantitative estimate of drug-likeness (QED) is 0.833. The summed E-state index contributed by atoms with van der Waals surface area (Å²) < 4.78 is 1.12. The number of hydrogen-bond donors (Lipinski definition) is 1. The van der Waals surface area contributed by atoms with Crippen LogP contribution >= 0.6 is 15.9 Å². The Morgan fingerprint density at radius 1 is 1.27 bits per heavy atom. The van der Waals surface area contributed by atoms with Gasteiger partial charge < -0.3 is 5.73 Å². The highest BCUT2D eigenvalue weighted by atomic mass is 79.9. The van der Waals surface area contributed by atoms with Gasteiger partial charge in [-0.2, -0.15) is 0 Å². The van der Waals surface area contributed by atoms with E-state index in [4.69, 9.17) is 5.73 Å². The third-order valence-corrected chi connectivity index (χ3v) is 3.45. The van der Waals surface area contributed by atoms with E-state index in [-0.39, 0.29) is 6.04 Å². The monoisotopic (exact) mass is 265 g/mol. The highest BCUT2D eigenvalue weighted by Crippen LogP contribution is 2.22. The van der Waals surface area contributed by atoms with E-state index in [1.807, 2.05) is 0 Å². The van der Waals surface area contributed by atoms with Crippen LogP contribution in [-0.4, -0.2) is 6.04 Å². The molecule has 1 nitrogen and oxygen atoms in total. The van der Waals surface area contributed by atoms with Crippen LogP contribution in [0.2, 0.25) is 0 Å². The molecule has 15 heavy (non-hydrogen) atoms. The van der Waals surface area contributed by atoms with E-state index in [1.165, 1.54) is 30.4 Å². The molecule has 0 radical (unpaired) electrons. The van der Waals surface area contributed by atoms with Crippen LogP contribution < -0.4 is 5.73 Å². The van der Waals surface area contributed by atoms with Crippen molar-refractivity contribution in [2.75, 3.05) is 0 Å². The largest absolute Gasteiger partial charge is 0.324 e. The molecule has 0 amide bonds. The number of halogens is 1. The second-order valence-electron chi connectivity index (χ2n) is 4.11. The van der Waals surface area contributed by atoms with Crippen molar-refractivity contribution < 1.29 is 0 Å². The van der Waals surface area contributed by atoms with Crippen LogP contribution in [0.15, 0.2) is 40.4 Å². The first kappa shape index (κ1) is 10.9. The van der Waals surface area contributed by atoms with Gasteiger partial charge in [-0.05, 0) is 43.4 Å². The summed E-state index contributed by atoms with van der Waals surface area (Å²) in [4.78, 5) is 0. The second kappa shape index (κ2) is 4.95. The Hall–Kier alpha value is -0.600. The molecular weight excluding hydrogens is 250 g/mol. The first-order chi connectivity index (χ1) is 7.25. The molecule has 0 fully saturated rings. The zero-order valence-electron chi connectivity index (χ0n) is 8.75. The standard InChI is InChI=1S/C13H16BrN/c14-12-7-5-10(6-8-12)9-13(15)11-3-1-2-4-11/h3,5-8,13H,1-2,4,9,15H2. The molecule has 1 aromatic carbocycles. The minimum absolute atomic E-state index is 0.216. The molecule has 0 heterocycles. The van der Waals surface area contributed by atoms with Gasteiger partial charge in [0, 0.05) is 10.5 Å². The summed E-state index contributed by atoms with van der Waals surface area (Å²) in [7, 11) is 0. The normalized spacial score (nSPS) is 17.6. The lowest BCUT2D eigenvalue weighted by atomic mass is 9.99. The Morgan fingerprint density at radius 2 is 2.00 bits per heavy atom. The first-order valence-corrected chi connectivity index (χ1v) is 6.24. The lowest BCUT2D eigenvalue weighted by Gasteiger charge is -2.13. The second-order valence-corrected chi connectivity index (χ2v) is 5.02. The predicted octanol–water partition coefficient (Wildman–Crippen LogP) is 3.43. The molecule has 1 aromatic rings. The van der Waals surface area contributed by atoms with Crippen LogP contribution in [-0.2, 0) is 6.42 Å². The van der Waals surface area contributed by atoms with Gasteiger partial charge in [-0.25, -0.2) is 0 Å². The number of allylic oxidation sites excluding steroid dienone is 1. The van der Waals surface area contributed by atoms with Gasteiger partial charge in [-0.15, -0.1) is 0 Å². The fraction of sp³-hybridized carbons (Fsp3) is 0.385. The summed E-state index contributed by atoms with van der Waals surface area (Å²) in [6.07, 6.45) is 6.95. The van der Waals surface area contributed by atoms with Gasteiger partial charge >= 0.3 is 0 Å². The van der Waals surface area contributed by atoms with E-state index in [9.17, 15) is 0 Å². The SMILES string of the molecule is NC(Cc1ccc(Br)cc1)C1=CCCC1. The minimum Gasteiger partial charge on any atom is -0.324 e. The molecule has 2 rings (SSSR count). The van der Waals surface area contributed by atoms with Crippen molar-refractivity contribution in [3.8, 4) is 0 Å². The summed E-state index contributed by atoms with van der Waals surface area (Å²) >= 11 is 3.44. The fourth-order valence-electron chi connectivity index (χ4n) is 2.04. The maximum absolute atomic E-state index is 6.17. The van der Waals surface area contributed by atoms with Crippen molar-refractivity contribution >= 4 is 15.9 Å². The highest BCUT2D eigenvalue weighted by Gasteiger charge is 2.13. The molecule has 0 spiro atoms. The Kier molecular flexibility index (Phi) is 3.60. The molecule has 0 aromatic heterocycles. The van der Waals surface area contributed by atoms with Crippen LogP contribution in [0.25, 0.3) is 0 Å². The number of rotatable bonds is 3. The number of hydrogen-bond acceptors (Lipinski definition) is 1. The van der Waals surface area contributed by atoms with Gasteiger partial charge in [0.1, 0.15) is 0 Å². The fourth-order valence-corrected chi connectivity index (χ4v) is 2.30. The van der Waals surface area contributed by atoms with E-state index in [0.717, 1.165) is 10.9 Å². The van der Waals surface area contributed by atoms with Gasteiger partial charge in [-0.1, -0.05) is 39.7 Å². The molecule has 0 saturated heterocycles. The van der Waals surface area contributed by atoms with Crippen LogP contribution in [0.4, 0.5) is 0 Å². The molecule has 0 bridgehead atoms. The van der Waals surface area contributed by atoms with E-state index < -0.39 is 0 Å². The molecule has 1 unspecified atom stereocenters. The summed E-state index contributed by atoms with van der Waals surface area (Å²) in [5, 5.41) is 0. The predicted molar refractivity (Wildman–Crippen MR) is 67.8 cm³/mol. The Balaban J connectivity index is 1.99. The van der Waals surface area contributed by atoms with Crippen LogP contribution in [0.1, 0.15) is 24.8 Å². The summed E-state index contributed by atoms with van der Waals surface area (Å²) in [5.74, 6) is 0. The van der Waals surface area contributed by atoms with E-state index in [1.54, 1.807) is 0 Å². The smallest absolute Gasteiger partial charge is 0.0294 e. The molecule has 80 valence electrons. The van der Waals surface area contributed by atoms with Crippen LogP contribution in [0.5, 0.6) is 0 Å². The minimum atomic E-state index is 0.216. The van der Waals surface area contributed by atoms with Crippen LogP contribution in [0, 0.1) is 0 Å². The van der Waals surface area contributed by atoms with Crippen molar-refractivity contribution in [2.24, 2.45) is 5.73 Å².